The fraction of sp³-hybridized carbons (Fsp3) is 0.500. The Labute approximate surface area is 106 Å². The van der Waals surface area contributed by atoms with Crippen molar-refractivity contribution in [3.63, 3.8) is 0 Å². The van der Waals surface area contributed by atoms with Gasteiger partial charge in [-0.05, 0) is 25.0 Å². The lowest BCUT2D eigenvalue weighted by Gasteiger charge is -2.30. The van der Waals surface area contributed by atoms with Crippen LogP contribution in [0.5, 0.6) is 0 Å². The number of rotatable bonds is 1. The van der Waals surface area contributed by atoms with Crippen LogP contribution in [0, 0.1) is 0 Å². The first kappa shape index (κ1) is 10.8. The fourth-order valence-corrected chi connectivity index (χ4v) is 2.45. The number of nitrogens with zero attached hydrogens (tertiary/aromatic N) is 4. The Morgan fingerprint density at radius 1 is 1.35 bits per heavy atom. The van der Waals surface area contributed by atoms with E-state index in [-0.39, 0.29) is 5.69 Å². The molecule has 1 N–H and O–H groups in total. The van der Waals surface area contributed by atoms with Crippen LogP contribution in [0.25, 0.3) is 5.65 Å². The van der Waals surface area contributed by atoms with E-state index in [0.717, 1.165) is 31.7 Å². The summed E-state index contributed by atoms with van der Waals surface area (Å²) in [5, 5.41) is 10.5. The number of piperidine rings is 1. The lowest BCUT2D eigenvalue weighted by Crippen LogP contribution is -2.35. The van der Waals surface area contributed by atoms with E-state index in [0.29, 0.717) is 10.5 Å². The first-order valence-corrected chi connectivity index (χ1v) is 6.49. The Morgan fingerprint density at radius 3 is 2.88 bits per heavy atom. The van der Waals surface area contributed by atoms with Crippen molar-refractivity contribution in [3.8, 4) is 0 Å². The number of hydrogen-bond acceptors (Lipinski definition) is 4. The zero-order valence-corrected chi connectivity index (χ0v) is 10.7. The maximum atomic E-state index is 11.4. The Bertz CT molecular complexity index is 584. The standard InChI is InChI=1S/C10H12BrN5O/c11-7-3-5-15(6-4-7)9-2-1-8-12-13-10(17)16(8)14-9/h1-2,7H,3-6H2,(H,13,17). The van der Waals surface area contributed by atoms with Crippen molar-refractivity contribution in [2.75, 3.05) is 18.0 Å². The average molecular weight is 298 g/mol. The third-order valence-corrected chi connectivity index (χ3v) is 3.92. The largest absolute Gasteiger partial charge is 0.364 e. The predicted octanol–water partition coefficient (Wildman–Crippen LogP) is 0.781. The van der Waals surface area contributed by atoms with Gasteiger partial charge in [-0.3, -0.25) is 0 Å². The fourth-order valence-electron chi connectivity index (χ4n) is 2.04. The molecule has 0 spiro atoms. The first-order chi connectivity index (χ1) is 8.24. The van der Waals surface area contributed by atoms with Crippen LogP contribution in [0.3, 0.4) is 0 Å². The molecule has 0 bridgehead atoms. The number of anilines is 1. The van der Waals surface area contributed by atoms with E-state index in [1.54, 1.807) is 6.07 Å². The van der Waals surface area contributed by atoms with Gasteiger partial charge in [0.1, 0.15) is 5.82 Å². The normalized spacial score (nSPS) is 17.8. The van der Waals surface area contributed by atoms with E-state index in [9.17, 15) is 4.79 Å². The number of H-pyrrole nitrogens is 1. The first-order valence-electron chi connectivity index (χ1n) is 5.57. The number of aromatic nitrogens is 4. The molecule has 2 aromatic rings. The van der Waals surface area contributed by atoms with Crippen molar-refractivity contribution in [3.05, 3.63) is 22.6 Å². The summed E-state index contributed by atoms with van der Waals surface area (Å²) in [4.78, 5) is 14.2. The molecule has 0 aromatic carbocycles. The number of aromatic amines is 1. The number of fused-ring (bicyclic) bond motifs is 1. The summed E-state index contributed by atoms with van der Waals surface area (Å²) in [5.74, 6) is 0.834. The number of hydrogen-bond donors (Lipinski definition) is 1. The van der Waals surface area contributed by atoms with Crippen molar-refractivity contribution in [1.29, 1.82) is 0 Å². The molecule has 0 radical (unpaired) electrons. The van der Waals surface area contributed by atoms with Crippen molar-refractivity contribution >= 4 is 27.4 Å². The SMILES string of the molecule is O=c1[nH]nc2ccc(N3CCC(Br)CC3)nn12. The summed E-state index contributed by atoms with van der Waals surface area (Å²) in [6, 6.07) is 3.71. The zero-order chi connectivity index (χ0) is 11.8. The number of nitrogens with one attached hydrogen (secondary N) is 1. The molecule has 6 nitrogen and oxygen atoms in total. The summed E-state index contributed by atoms with van der Waals surface area (Å²) in [6.07, 6.45) is 2.19. The van der Waals surface area contributed by atoms with E-state index >= 15 is 0 Å². The number of halogens is 1. The molecule has 1 aliphatic heterocycles. The lowest BCUT2D eigenvalue weighted by atomic mass is 10.1. The van der Waals surface area contributed by atoms with Gasteiger partial charge in [0.15, 0.2) is 5.65 Å². The van der Waals surface area contributed by atoms with Gasteiger partial charge >= 0.3 is 5.69 Å². The monoisotopic (exact) mass is 297 g/mol. The van der Waals surface area contributed by atoms with Crippen LogP contribution in [0.1, 0.15) is 12.8 Å². The minimum absolute atomic E-state index is 0.294. The van der Waals surface area contributed by atoms with Gasteiger partial charge in [-0.1, -0.05) is 15.9 Å². The van der Waals surface area contributed by atoms with Gasteiger partial charge in [-0.15, -0.1) is 5.10 Å². The maximum Gasteiger partial charge on any atom is 0.364 e. The molecular weight excluding hydrogens is 286 g/mol. The third kappa shape index (κ3) is 1.95. The summed E-state index contributed by atoms with van der Waals surface area (Å²) >= 11 is 3.62. The van der Waals surface area contributed by atoms with Crippen LogP contribution >= 0.6 is 15.9 Å². The molecule has 0 atom stereocenters. The smallest absolute Gasteiger partial charge is 0.355 e. The van der Waals surface area contributed by atoms with Crippen LogP contribution in [-0.2, 0) is 0 Å². The molecule has 3 heterocycles. The molecule has 0 saturated carbocycles. The van der Waals surface area contributed by atoms with Gasteiger partial charge in [-0.2, -0.15) is 9.61 Å². The van der Waals surface area contributed by atoms with Crippen LogP contribution in [0.2, 0.25) is 0 Å². The molecule has 1 aliphatic rings. The Morgan fingerprint density at radius 2 is 2.12 bits per heavy atom. The predicted molar refractivity (Wildman–Crippen MR) is 67.8 cm³/mol. The van der Waals surface area contributed by atoms with Gasteiger partial charge in [-0.25, -0.2) is 9.89 Å². The summed E-state index contributed by atoms with van der Waals surface area (Å²) < 4.78 is 1.30. The second-order valence-corrected chi connectivity index (χ2v) is 5.45. The lowest BCUT2D eigenvalue weighted by molar-refractivity contribution is 0.588. The van der Waals surface area contributed by atoms with Crippen molar-refractivity contribution in [2.24, 2.45) is 0 Å². The second kappa shape index (κ2) is 4.14. The van der Waals surface area contributed by atoms with Crippen LogP contribution < -0.4 is 10.6 Å². The van der Waals surface area contributed by atoms with Gasteiger partial charge in [0.05, 0.1) is 0 Å². The molecule has 0 aliphatic carbocycles. The molecule has 90 valence electrons. The van der Waals surface area contributed by atoms with E-state index in [4.69, 9.17) is 0 Å². The van der Waals surface area contributed by atoms with Crippen molar-refractivity contribution in [2.45, 2.75) is 17.7 Å². The molecule has 2 aromatic heterocycles. The van der Waals surface area contributed by atoms with Gasteiger partial charge in [0.25, 0.3) is 0 Å². The van der Waals surface area contributed by atoms with Crippen LogP contribution in [0.4, 0.5) is 5.82 Å². The second-order valence-electron chi connectivity index (χ2n) is 4.15. The minimum Gasteiger partial charge on any atom is -0.355 e. The molecule has 1 fully saturated rings. The van der Waals surface area contributed by atoms with E-state index in [1.165, 1.54) is 4.52 Å². The highest BCUT2D eigenvalue weighted by atomic mass is 79.9. The Balaban J connectivity index is 1.95. The van der Waals surface area contributed by atoms with Gasteiger partial charge in [0.2, 0.25) is 0 Å². The highest BCUT2D eigenvalue weighted by Crippen LogP contribution is 2.21. The quantitative estimate of drug-likeness (QED) is 0.790. The zero-order valence-electron chi connectivity index (χ0n) is 9.14. The summed E-state index contributed by atoms with van der Waals surface area (Å²) in [7, 11) is 0. The molecule has 0 unspecified atom stereocenters. The van der Waals surface area contributed by atoms with Crippen LogP contribution in [-0.4, -0.2) is 37.7 Å². The van der Waals surface area contributed by atoms with Crippen molar-refractivity contribution in [1.82, 2.24) is 19.8 Å². The molecule has 7 heteroatoms. The molecule has 17 heavy (non-hydrogen) atoms. The minimum atomic E-state index is -0.294. The Kier molecular flexibility index (Phi) is 2.62. The van der Waals surface area contributed by atoms with Crippen LogP contribution in [0.15, 0.2) is 16.9 Å². The molecule has 1 saturated heterocycles. The molecule has 3 rings (SSSR count). The van der Waals surface area contributed by atoms with Gasteiger partial charge in [0, 0.05) is 17.9 Å². The van der Waals surface area contributed by atoms with Gasteiger partial charge < -0.3 is 4.90 Å². The number of alkyl halides is 1. The summed E-state index contributed by atoms with van der Waals surface area (Å²) in [6.45, 7) is 1.92. The molecular formula is C10H12BrN5O. The highest BCUT2D eigenvalue weighted by Gasteiger charge is 2.18. The van der Waals surface area contributed by atoms with E-state index < -0.39 is 0 Å². The van der Waals surface area contributed by atoms with Crippen molar-refractivity contribution < 1.29 is 0 Å². The molecule has 0 amide bonds. The van der Waals surface area contributed by atoms with E-state index in [1.807, 2.05) is 6.07 Å². The van der Waals surface area contributed by atoms with E-state index in [2.05, 4.69) is 36.1 Å². The Hall–Kier alpha value is -1.37. The third-order valence-electron chi connectivity index (χ3n) is 3.01. The average Bonchev–Trinajstić information content (AvgIpc) is 2.72. The topological polar surface area (TPSA) is 66.3 Å². The highest BCUT2D eigenvalue weighted by molar-refractivity contribution is 9.09. The maximum absolute atomic E-state index is 11.4. The summed E-state index contributed by atoms with van der Waals surface area (Å²) in [5.41, 5.74) is 0.256.